The molecule has 9 aromatic rings. The fourth-order valence-corrected chi connectivity index (χ4v) is 8.71. The number of rotatable bonds is 2. The van der Waals surface area contributed by atoms with Crippen molar-refractivity contribution in [2.45, 2.75) is 0 Å². The quantitative estimate of drug-likeness (QED) is 0.175. The minimum Gasteiger partial charge on any atom is -0.376 e. The molecule has 0 atom stereocenters. The van der Waals surface area contributed by atoms with E-state index in [1.807, 2.05) is 0 Å². The smallest absolute Gasteiger partial charge is 0.329 e. The Morgan fingerprint density at radius 2 is 0.898 bits per heavy atom. The van der Waals surface area contributed by atoms with Gasteiger partial charge >= 0.3 is 6.85 Å². The van der Waals surface area contributed by atoms with Crippen LogP contribution in [-0.4, -0.2) is 11.4 Å². The molecule has 1 aromatic heterocycles. The highest BCUT2D eigenvalue weighted by Gasteiger charge is 2.42. The summed E-state index contributed by atoms with van der Waals surface area (Å²) in [4.78, 5) is 2.60. The molecule has 2 aliphatic rings. The monoisotopic (exact) mass is 620 g/mol. The van der Waals surface area contributed by atoms with E-state index < -0.39 is 0 Å². The fourth-order valence-electron chi connectivity index (χ4n) is 8.71. The predicted molar refractivity (Wildman–Crippen MR) is 208 cm³/mol. The Morgan fingerprint density at radius 3 is 1.61 bits per heavy atom. The Balaban J connectivity index is 1.16. The van der Waals surface area contributed by atoms with E-state index in [-0.39, 0.29) is 6.85 Å². The van der Waals surface area contributed by atoms with Crippen LogP contribution in [-0.2, 0) is 0 Å². The summed E-state index contributed by atoms with van der Waals surface area (Å²) >= 11 is 0. The van der Waals surface area contributed by atoms with Gasteiger partial charge in [-0.25, -0.2) is 0 Å². The van der Waals surface area contributed by atoms with Crippen LogP contribution in [0.5, 0.6) is 0 Å². The molecule has 0 saturated carbocycles. The second kappa shape index (κ2) is 10.1. The summed E-state index contributed by atoms with van der Waals surface area (Å²) in [7, 11) is 0. The van der Waals surface area contributed by atoms with Crippen molar-refractivity contribution in [2.24, 2.45) is 0 Å². The molecular weight excluding hydrogens is 591 g/mol. The lowest BCUT2D eigenvalue weighted by molar-refractivity contribution is 1.18. The number of hydrogen-bond acceptors (Lipinski definition) is 1. The average Bonchev–Trinajstić information content (AvgIpc) is 3.51. The Kier molecular flexibility index (Phi) is 5.50. The van der Waals surface area contributed by atoms with E-state index in [0.717, 1.165) is 0 Å². The van der Waals surface area contributed by atoms with Gasteiger partial charge in [-0.05, 0) is 86.4 Å². The van der Waals surface area contributed by atoms with Crippen molar-refractivity contribution in [3.8, 4) is 39.1 Å². The molecule has 0 radical (unpaired) electrons. The standard InChI is InChI=1S/C46H29BN2/c1-2-14-33-30(12-1)13-11-19-34(33)31-24-26-45-39(28-31)35-15-3-7-20-41(35)47-42-21-8-4-16-36(42)40-29-32(25-27-46(40)49(45)47)48-43-22-9-5-17-37(43)38-18-6-10-23-44(38)48/h1-29H. The van der Waals surface area contributed by atoms with Crippen LogP contribution >= 0.6 is 0 Å². The molecule has 3 heterocycles. The van der Waals surface area contributed by atoms with Crippen molar-refractivity contribution in [1.29, 1.82) is 0 Å². The summed E-state index contributed by atoms with van der Waals surface area (Å²) in [6.07, 6.45) is 0. The highest BCUT2D eigenvalue weighted by atomic mass is 15.1. The van der Waals surface area contributed by atoms with E-state index in [2.05, 4.69) is 185 Å². The van der Waals surface area contributed by atoms with Gasteiger partial charge in [0.1, 0.15) is 0 Å². The molecule has 0 aliphatic carbocycles. The van der Waals surface area contributed by atoms with E-state index in [1.165, 1.54) is 93.9 Å². The molecular formula is C46H29BN2. The molecule has 226 valence electrons. The average molecular weight is 621 g/mol. The van der Waals surface area contributed by atoms with Gasteiger partial charge in [-0.2, -0.15) is 0 Å². The number of para-hydroxylation sites is 2. The molecule has 0 spiro atoms. The van der Waals surface area contributed by atoms with Crippen molar-refractivity contribution in [1.82, 2.24) is 4.57 Å². The molecule has 0 amide bonds. The van der Waals surface area contributed by atoms with E-state index in [1.54, 1.807) is 0 Å². The molecule has 3 heteroatoms. The normalized spacial score (nSPS) is 12.8. The van der Waals surface area contributed by atoms with Crippen molar-refractivity contribution in [3.63, 3.8) is 0 Å². The SMILES string of the molecule is c1ccc2c(c1)B1c3ccccc3-c3cc(-n4c5ccccc5c5ccccc54)ccc3N1c1ccc(-c3cccc4ccccc34)cc1-2. The van der Waals surface area contributed by atoms with Crippen LogP contribution < -0.4 is 15.7 Å². The summed E-state index contributed by atoms with van der Waals surface area (Å²) in [5.74, 6) is 0. The summed E-state index contributed by atoms with van der Waals surface area (Å²) in [6.45, 7) is 0.0786. The second-order valence-corrected chi connectivity index (χ2v) is 13.3. The third kappa shape index (κ3) is 3.73. The topological polar surface area (TPSA) is 8.17 Å². The summed E-state index contributed by atoms with van der Waals surface area (Å²) in [6, 6.07) is 65.0. The lowest BCUT2D eigenvalue weighted by Gasteiger charge is -2.43. The van der Waals surface area contributed by atoms with Gasteiger partial charge in [0.2, 0.25) is 0 Å². The first-order chi connectivity index (χ1) is 24.3. The molecule has 2 aliphatic heterocycles. The molecule has 0 fully saturated rings. The lowest BCUT2D eigenvalue weighted by atomic mass is 9.43. The van der Waals surface area contributed by atoms with Gasteiger partial charge in [0.05, 0.1) is 11.0 Å². The van der Waals surface area contributed by atoms with Crippen molar-refractivity contribution in [2.75, 3.05) is 4.81 Å². The van der Waals surface area contributed by atoms with Gasteiger partial charge in [0.15, 0.2) is 0 Å². The fraction of sp³-hybridized carbons (Fsp3) is 0. The Bertz CT molecular complexity index is 2750. The van der Waals surface area contributed by atoms with Crippen molar-refractivity contribution < 1.29 is 0 Å². The van der Waals surface area contributed by atoms with Crippen LogP contribution in [0.25, 0.3) is 71.6 Å². The maximum atomic E-state index is 2.60. The largest absolute Gasteiger partial charge is 0.376 e. The van der Waals surface area contributed by atoms with Gasteiger partial charge in [-0.1, -0.05) is 133 Å². The first-order valence-electron chi connectivity index (χ1n) is 17.1. The maximum Gasteiger partial charge on any atom is 0.329 e. The van der Waals surface area contributed by atoms with Crippen LogP contribution in [0.1, 0.15) is 0 Å². The lowest BCUT2D eigenvalue weighted by Crippen LogP contribution is -2.59. The maximum absolute atomic E-state index is 2.60. The number of aromatic nitrogens is 1. The van der Waals surface area contributed by atoms with Crippen LogP contribution in [0.15, 0.2) is 176 Å². The predicted octanol–water partition coefficient (Wildman–Crippen LogP) is 10.5. The van der Waals surface area contributed by atoms with Crippen LogP contribution in [0.2, 0.25) is 0 Å². The first-order valence-corrected chi connectivity index (χ1v) is 17.1. The first kappa shape index (κ1) is 26.7. The Labute approximate surface area is 285 Å². The number of nitrogens with zero attached hydrogens (tertiary/aromatic N) is 2. The molecule has 0 bridgehead atoms. The molecule has 0 unspecified atom stereocenters. The zero-order chi connectivity index (χ0) is 32.1. The zero-order valence-corrected chi connectivity index (χ0v) is 26.7. The number of anilines is 2. The van der Waals surface area contributed by atoms with Crippen LogP contribution in [0, 0.1) is 0 Å². The minimum atomic E-state index is 0.0786. The van der Waals surface area contributed by atoms with E-state index in [4.69, 9.17) is 0 Å². The molecule has 2 nitrogen and oxygen atoms in total. The molecule has 11 rings (SSSR count). The van der Waals surface area contributed by atoms with Gasteiger partial charge in [-0.15, -0.1) is 0 Å². The molecule has 0 N–H and O–H groups in total. The number of benzene rings is 8. The zero-order valence-electron chi connectivity index (χ0n) is 26.7. The Hall–Kier alpha value is -6.32. The van der Waals surface area contributed by atoms with Crippen LogP contribution in [0.3, 0.4) is 0 Å². The third-order valence-corrected chi connectivity index (χ3v) is 10.8. The molecule has 49 heavy (non-hydrogen) atoms. The second-order valence-electron chi connectivity index (χ2n) is 13.3. The van der Waals surface area contributed by atoms with E-state index in [0.29, 0.717) is 0 Å². The number of fused-ring (bicyclic) bond motifs is 15. The van der Waals surface area contributed by atoms with Gasteiger partial charge in [0.25, 0.3) is 0 Å². The summed E-state index contributed by atoms with van der Waals surface area (Å²) in [5, 5.41) is 5.10. The highest BCUT2D eigenvalue weighted by Crippen LogP contribution is 2.48. The number of hydrogen-bond donors (Lipinski definition) is 0. The van der Waals surface area contributed by atoms with Crippen molar-refractivity contribution in [3.05, 3.63) is 176 Å². The Morgan fingerprint density at radius 1 is 0.367 bits per heavy atom. The van der Waals surface area contributed by atoms with Gasteiger partial charge < -0.3 is 9.38 Å². The van der Waals surface area contributed by atoms with Crippen LogP contribution in [0.4, 0.5) is 11.4 Å². The van der Waals surface area contributed by atoms with E-state index in [9.17, 15) is 0 Å². The van der Waals surface area contributed by atoms with E-state index >= 15 is 0 Å². The molecule has 0 saturated heterocycles. The minimum absolute atomic E-state index is 0.0786. The summed E-state index contributed by atoms with van der Waals surface area (Å²) in [5.41, 5.74) is 16.4. The summed E-state index contributed by atoms with van der Waals surface area (Å²) < 4.78 is 2.43. The van der Waals surface area contributed by atoms with Gasteiger partial charge in [0, 0.05) is 39.0 Å². The third-order valence-electron chi connectivity index (χ3n) is 10.8. The van der Waals surface area contributed by atoms with Gasteiger partial charge in [-0.3, -0.25) is 0 Å². The molecule has 8 aromatic carbocycles. The van der Waals surface area contributed by atoms with Crippen molar-refractivity contribution >= 4 is 61.7 Å². The highest BCUT2D eigenvalue weighted by molar-refractivity contribution is 6.92.